The van der Waals surface area contributed by atoms with Crippen LogP contribution in [0.4, 0.5) is 10.9 Å². The monoisotopic (exact) mass is 576 g/mol. The fourth-order valence-corrected chi connectivity index (χ4v) is 7.40. The van der Waals surface area contributed by atoms with Crippen molar-refractivity contribution in [1.82, 2.24) is 9.97 Å². The number of amides is 2. The van der Waals surface area contributed by atoms with Gasteiger partial charge >= 0.3 is 5.97 Å². The third-order valence-electron chi connectivity index (χ3n) is 8.61. The molecule has 0 aromatic carbocycles. The molecule has 216 valence electrons. The lowest BCUT2D eigenvalue weighted by Crippen LogP contribution is -2.39. The molecule has 9 nitrogen and oxygen atoms in total. The summed E-state index contributed by atoms with van der Waals surface area (Å²) in [6.45, 7) is 4.51. The second-order valence-corrected chi connectivity index (χ2v) is 12.5. The van der Waals surface area contributed by atoms with Crippen molar-refractivity contribution in [3.8, 4) is 22.4 Å². The Kier molecular flexibility index (Phi) is 7.68. The molecule has 1 saturated heterocycles. The van der Waals surface area contributed by atoms with Gasteiger partial charge in [0, 0.05) is 47.6 Å². The Hall–Kier alpha value is -3.53. The van der Waals surface area contributed by atoms with Crippen LogP contribution >= 0.6 is 11.3 Å². The fraction of sp³-hybridized carbons (Fsp3) is 0.516. The first kappa shape index (κ1) is 27.6. The van der Waals surface area contributed by atoms with Gasteiger partial charge in [0.1, 0.15) is 17.3 Å². The minimum Gasteiger partial charge on any atom is -0.481 e. The number of aryl methyl sites for hydroxylation is 2. The van der Waals surface area contributed by atoms with E-state index >= 15 is 0 Å². The van der Waals surface area contributed by atoms with Gasteiger partial charge in [0.2, 0.25) is 11.8 Å². The number of carbonyl (C=O) groups is 3. The molecule has 2 saturated carbocycles. The van der Waals surface area contributed by atoms with Crippen molar-refractivity contribution in [3.63, 3.8) is 0 Å². The molecule has 0 unspecified atom stereocenters. The van der Waals surface area contributed by atoms with E-state index in [0.29, 0.717) is 36.3 Å². The zero-order valence-electron chi connectivity index (χ0n) is 23.6. The Labute approximate surface area is 243 Å². The molecule has 3 fully saturated rings. The Morgan fingerprint density at radius 3 is 2.51 bits per heavy atom. The first-order valence-electron chi connectivity index (χ1n) is 14.7. The molecule has 0 bridgehead atoms. The largest absolute Gasteiger partial charge is 0.481 e. The molecule has 10 heteroatoms. The number of nitrogens with zero attached hydrogens (tertiary/aromatic N) is 4. The standard InChI is InChI=1S/C31H36N4O5S/c1-18-28(21-9-12-25(32-16-21)34-13-5-8-26(34)36)29(19(2)40-18)24-17-41-31(33-24)35(23-10-11-23)30(39)22(15-27(37)38)14-20-6-3-4-7-20/h9,12,16-17,20,22-23H,3-8,10-11,13-15H2,1-2H3,(H,37,38)/t22-/m1/s1. The quantitative estimate of drug-likeness (QED) is 0.298. The molecular weight excluding hydrogens is 540 g/mol. The van der Waals surface area contributed by atoms with Crippen LogP contribution < -0.4 is 9.80 Å². The molecule has 1 atom stereocenters. The van der Waals surface area contributed by atoms with Gasteiger partial charge in [0.05, 0.1) is 17.7 Å². The second-order valence-electron chi connectivity index (χ2n) is 11.7. The Bertz CT molecular complexity index is 1450. The van der Waals surface area contributed by atoms with Crippen molar-refractivity contribution in [2.45, 2.75) is 84.1 Å². The Morgan fingerprint density at radius 1 is 1.12 bits per heavy atom. The number of carboxylic acids is 1. The van der Waals surface area contributed by atoms with E-state index in [1.165, 1.54) is 11.3 Å². The normalized spacial score (nSPS) is 18.3. The van der Waals surface area contributed by atoms with E-state index in [4.69, 9.17) is 9.40 Å². The molecule has 1 N–H and O–H groups in total. The zero-order chi connectivity index (χ0) is 28.7. The molecule has 0 spiro atoms. The molecule has 1 aliphatic heterocycles. The smallest absolute Gasteiger partial charge is 0.304 e. The van der Waals surface area contributed by atoms with E-state index in [0.717, 1.165) is 78.9 Å². The lowest BCUT2D eigenvalue weighted by Gasteiger charge is -2.26. The summed E-state index contributed by atoms with van der Waals surface area (Å²) in [5.41, 5.74) is 3.33. The second kappa shape index (κ2) is 11.4. The number of hydrogen-bond acceptors (Lipinski definition) is 7. The summed E-state index contributed by atoms with van der Waals surface area (Å²) in [5, 5.41) is 12.2. The number of aliphatic carboxylic acids is 1. The predicted molar refractivity (Wildman–Crippen MR) is 157 cm³/mol. The predicted octanol–water partition coefficient (Wildman–Crippen LogP) is 6.38. The highest BCUT2D eigenvalue weighted by atomic mass is 32.1. The average molecular weight is 577 g/mol. The van der Waals surface area contributed by atoms with Crippen molar-refractivity contribution >= 4 is 40.1 Å². The van der Waals surface area contributed by atoms with Crippen LogP contribution in [0.3, 0.4) is 0 Å². The maximum absolute atomic E-state index is 13.9. The number of carboxylic acid groups (broad SMARTS) is 1. The summed E-state index contributed by atoms with van der Waals surface area (Å²) in [7, 11) is 0. The lowest BCUT2D eigenvalue weighted by atomic mass is 9.90. The van der Waals surface area contributed by atoms with Crippen LogP contribution in [0.15, 0.2) is 28.1 Å². The molecule has 41 heavy (non-hydrogen) atoms. The summed E-state index contributed by atoms with van der Waals surface area (Å²) >= 11 is 1.41. The van der Waals surface area contributed by atoms with E-state index < -0.39 is 11.9 Å². The van der Waals surface area contributed by atoms with Crippen LogP contribution in [0.2, 0.25) is 0 Å². The van der Waals surface area contributed by atoms with Gasteiger partial charge in [-0.15, -0.1) is 11.3 Å². The molecule has 3 aromatic heterocycles. The lowest BCUT2D eigenvalue weighted by molar-refractivity contribution is -0.141. The van der Waals surface area contributed by atoms with Crippen LogP contribution in [-0.2, 0) is 14.4 Å². The molecule has 2 amide bonds. The molecule has 0 radical (unpaired) electrons. The van der Waals surface area contributed by atoms with Crippen LogP contribution in [0.25, 0.3) is 22.4 Å². The van der Waals surface area contributed by atoms with Crippen molar-refractivity contribution < 1.29 is 23.9 Å². The summed E-state index contributed by atoms with van der Waals surface area (Å²) in [5.74, 6) is 1.05. The third-order valence-corrected chi connectivity index (χ3v) is 9.45. The number of anilines is 2. The minimum atomic E-state index is -0.931. The molecule has 4 heterocycles. The number of hydrogen-bond donors (Lipinski definition) is 1. The first-order valence-corrected chi connectivity index (χ1v) is 15.6. The van der Waals surface area contributed by atoms with Crippen molar-refractivity contribution in [1.29, 1.82) is 0 Å². The topological polar surface area (TPSA) is 117 Å². The Morgan fingerprint density at radius 2 is 1.88 bits per heavy atom. The van der Waals surface area contributed by atoms with E-state index in [9.17, 15) is 19.5 Å². The van der Waals surface area contributed by atoms with Crippen LogP contribution in [-0.4, -0.2) is 45.4 Å². The number of pyridine rings is 1. The molecule has 3 aromatic rings. The van der Waals surface area contributed by atoms with Crippen molar-refractivity contribution in [2.75, 3.05) is 16.3 Å². The maximum atomic E-state index is 13.9. The summed E-state index contributed by atoms with van der Waals surface area (Å²) in [6, 6.07) is 3.90. The number of furan rings is 1. The summed E-state index contributed by atoms with van der Waals surface area (Å²) in [6.07, 6.45) is 9.90. The number of aromatic nitrogens is 2. The molecular formula is C31H36N4O5S. The first-order chi connectivity index (χ1) is 19.8. The maximum Gasteiger partial charge on any atom is 0.304 e. The van der Waals surface area contributed by atoms with E-state index in [2.05, 4.69) is 4.98 Å². The number of thiazole rings is 1. The van der Waals surface area contributed by atoms with E-state index in [1.807, 2.05) is 31.4 Å². The van der Waals surface area contributed by atoms with Gasteiger partial charge in [-0.05, 0) is 57.6 Å². The van der Waals surface area contributed by atoms with Gasteiger partial charge in [0.15, 0.2) is 5.13 Å². The molecule has 3 aliphatic rings. The van der Waals surface area contributed by atoms with Gasteiger partial charge in [-0.2, -0.15) is 0 Å². The summed E-state index contributed by atoms with van der Waals surface area (Å²) in [4.78, 5) is 50.8. The minimum absolute atomic E-state index is 0.0677. The highest BCUT2D eigenvalue weighted by Gasteiger charge is 2.40. The van der Waals surface area contributed by atoms with Gasteiger partial charge in [-0.3, -0.25) is 24.2 Å². The number of rotatable bonds is 10. The molecule has 2 aliphatic carbocycles. The fourth-order valence-electron chi connectivity index (χ4n) is 6.50. The van der Waals surface area contributed by atoms with E-state index in [-0.39, 0.29) is 24.3 Å². The van der Waals surface area contributed by atoms with Gasteiger partial charge in [-0.1, -0.05) is 25.7 Å². The average Bonchev–Trinajstić information content (AvgIpc) is 3.30. The third kappa shape index (κ3) is 5.66. The highest BCUT2D eigenvalue weighted by Crippen LogP contribution is 2.43. The summed E-state index contributed by atoms with van der Waals surface area (Å²) < 4.78 is 6.06. The zero-order valence-corrected chi connectivity index (χ0v) is 24.4. The molecule has 6 rings (SSSR count). The SMILES string of the molecule is Cc1oc(C)c(-c2csc(N(C(=O)[C@@H](CC(=O)O)CC3CCCC3)C3CC3)n2)c1-c1ccc(N2CCCC2=O)nc1. The highest BCUT2D eigenvalue weighted by molar-refractivity contribution is 7.14. The van der Waals surface area contributed by atoms with Crippen molar-refractivity contribution in [3.05, 3.63) is 35.2 Å². The Balaban J connectivity index is 1.29. The van der Waals surface area contributed by atoms with E-state index in [1.54, 1.807) is 16.0 Å². The van der Waals surface area contributed by atoms with Crippen LogP contribution in [0, 0.1) is 25.7 Å². The van der Waals surface area contributed by atoms with Gasteiger partial charge in [-0.25, -0.2) is 9.97 Å². The van der Waals surface area contributed by atoms with Gasteiger partial charge < -0.3 is 9.52 Å². The number of carbonyl (C=O) groups excluding carboxylic acids is 2. The van der Waals surface area contributed by atoms with Crippen LogP contribution in [0.5, 0.6) is 0 Å². The van der Waals surface area contributed by atoms with Crippen molar-refractivity contribution in [2.24, 2.45) is 11.8 Å². The van der Waals surface area contributed by atoms with Crippen LogP contribution in [0.1, 0.15) is 75.7 Å². The van der Waals surface area contributed by atoms with Gasteiger partial charge in [0.25, 0.3) is 0 Å².